The van der Waals surface area contributed by atoms with E-state index in [1.807, 2.05) is 0 Å². The molecule has 0 bridgehead atoms. The van der Waals surface area contributed by atoms with Gasteiger partial charge < -0.3 is 10.1 Å². The number of fused-ring (bicyclic) bond motifs is 1. The second-order valence-electron chi connectivity index (χ2n) is 5.60. The highest BCUT2D eigenvalue weighted by atomic mass is 16.5. The van der Waals surface area contributed by atoms with Gasteiger partial charge in [0.1, 0.15) is 0 Å². The maximum atomic E-state index is 6.02. The van der Waals surface area contributed by atoms with E-state index in [0.29, 0.717) is 12.1 Å². The predicted molar refractivity (Wildman–Crippen MR) is 63.0 cm³/mol. The highest BCUT2D eigenvalue weighted by molar-refractivity contribution is 4.96. The summed E-state index contributed by atoms with van der Waals surface area (Å²) in [6.07, 6.45) is 6.92. The summed E-state index contributed by atoms with van der Waals surface area (Å²) in [5.74, 6) is 0.918. The smallest absolute Gasteiger partial charge is 0.0729 e. The van der Waals surface area contributed by atoms with E-state index in [0.717, 1.165) is 18.9 Å². The van der Waals surface area contributed by atoms with E-state index in [4.69, 9.17) is 4.74 Å². The molecule has 4 unspecified atom stereocenters. The van der Waals surface area contributed by atoms with Crippen molar-refractivity contribution in [1.82, 2.24) is 5.32 Å². The molecule has 15 heavy (non-hydrogen) atoms. The van der Waals surface area contributed by atoms with Crippen LogP contribution in [0.25, 0.3) is 0 Å². The Labute approximate surface area is 93.8 Å². The minimum Gasteiger partial charge on any atom is -0.375 e. The quantitative estimate of drug-likeness (QED) is 0.758. The average molecular weight is 211 g/mol. The Morgan fingerprint density at radius 2 is 2.13 bits per heavy atom. The lowest BCUT2D eigenvalue weighted by atomic mass is 9.79. The summed E-state index contributed by atoms with van der Waals surface area (Å²) in [6.45, 7) is 7.74. The Bertz CT molecular complexity index is 219. The molecule has 4 atom stereocenters. The molecule has 0 spiro atoms. The second-order valence-corrected chi connectivity index (χ2v) is 5.60. The van der Waals surface area contributed by atoms with Crippen LogP contribution in [-0.2, 0) is 4.74 Å². The lowest BCUT2D eigenvalue weighted by Crippen LogP contribution is -2.62. The first kappa shape index (κ1) is 11.4. The van der Waals surface area contributed by atoms with Gasteiger partial charge in [-0.2, -0.15) is 0 Å². The Hall–Kier alpha value is -0.0800. The van der Waals surface area contributed by atoms with Crippen LogP contribution in [-0.4, -0.2) is 24.3 Å². The largest absolute Gasteiger partial charge is 0.375 e. The van der Waals surface area contributed by atoms with Crippen LogP contribution < -0.4 is 5.32 Å². The maximum absolute atomic E-state index is 6.02. The minimum atomic E-state index is 0.219. The number of morpholine rings is 1. The number of ether oxygens (including phenoxy) is 1. The summed E-state index contributed by atoms with van der Waals surface area (Å²) in [7, 11) is 0. The molecular formula is C13H25NO. The van der Waals surface area contributed by atoms with Crippen LogP contribution in [0.3, 0.4) is 0 Å². The molecular weight excluding hydrogens is 186 g/mol. The highest BCUT2D eigenvalue weighted by Crippen LogP contribution is 2.33. The van der Waals surface area contributed by atoms with Crippen LogP contribution >= 0.6 is 0 Å². The van der Waals surface area contributed by atoms with E-state index in [9.17, 15) is 0 Å². The van der Waals surface area contributed by atoms with Crippen molar-refractivity contribution in [3.8, 4) is 0 Å². The summed E-state index contributed by atoms with van der Waals surface area (Å²) in [5, 5.41) is 3.82. The molecule has 1 N–H and O–H groups in total. The highest BCUT2D eigenvalue weighted by Gasteiger charge is 2.39. The fourth-order valence-corrected chi connectivity index (χ4v) is 2.94. The van der Waals surface area contributed by atoms with Crippen molar-refractivity contribution in [2.75, 3.05) is 6.61 Å². The number of rotatable bonds is 2. The van der Waals surface area contributed by atoms with Gasteiger partial charge in [0.25, 0.3) is 0 Å². The van der Waals surface area contributed by atoms with Crippen LogP contribution in [0.5, 0.6) is 0 Å². The van der Waals surface area contributed by atoms with Gasteiger partial charge in [0, 0.05) is 11.6 Å². The molecule has 2 nitrogen and oxygen atoms in total. The van der Waals surface area contributed by atoms with E-state index in [2.05, 4.69) is 26.1 Å². The summed E-state index contributed by atoms with van der Waals surface area (Å²) in [5.41, 5.74) is 0.219. The Morgan fingerprint density at radius 1 is 1.33 bits per heavy atom. The topological polar surface area (TPSA) is 21.3 Å². The van der Waals surface area contributed by atoms with E-state index in [-0.39, 0.29) is 5.54 Å². The Morgan fingerprint density at radius 3 is 2.80 bits per heavy atom. The molecule has 1 heterocycles. The average Bonchev–Trinajstić information content (AvgIpc) is 2.28. The van der Waals surface area contributed by atoms with E-state index < -0.39 is 0 Å². The molecule has 2 heteroatoms. The first-order chi connectivity index (χ1) is 7.17. The third-order valence-corrected chi connectivity index (χ3v) is 4.40. The molecule has 2 aliphatic rings. The van der Waals surface area contributed by atoms with Crippen molar-refractivity contribution in [3.05, 3.63) is 0 Å². The van der Waals surface area contributed by atoms with E-state index >= 15 is 0 Å². The fraction of sp³-hybridized carbons (Fsp3) is 1.00. The first-order valence-electron chi connectivity index (χ1n) is 6.56. The van der Waals surface area contributed by atoms with Gasteiger partial charge in [0.2, 0.25) is 0 Å². The molecule has 2 rings (SSSR count). The van der Waals surface area contributed by atoms with Crippen LogP contribution in [0.1, 0.15) is 52.9 Å². The lowest BCUT2D eigenvalue weighted by molar-refractivity contribution is -0.0819. The summed E-state index contributed by atoms with van der Waals surface area (Å²) < 4.78 is 6.02. The summed E-state index contributed by atoms with van der Waals surface area (Å²) in [4.78, 5) is 0. The molecule has 1 saturated carbocycles. The fourth-order valence-electron chi connectivity index (χ4n) is 2.94. The number of hydrogen-bond donors (Lipinski definition) is 1. The summed E-state index contributed by atoms with van der Waals surface area (Å²) in [6, 6.07) is 0.613. The van der Waals surface area contributed by atoms with E-state index in [1.54, 1.807) is 0 Å². The van der Waals surface area contributed by atoms with Gasteiger partial charge in [0.15, 0.2) is 0 Å². The molecule has 1 aliphatic heterocycles. The normalized spacial score (nSPS) is 46.2. The Kier molecular flexibility index (Phi) is 3.36. The van der Waals surface area contributed by atoms with Crippen molar-refractivity contribution in [3.63, 3.8) is 0 Å². The summed E-state index contributed by atoms with van der Waals surface area (Å²) >= 11 is 0. The van der Waals surface area contributed by atoms with Gasteiger partial charge in [-0.1, -0.05) is 20.3 Å². The van der Waals surface area contributed by atoms with Crippen molar-refractivity contribution in [2.24, 2.45) is 5.92 Å². The van der Waals surface area contributed by atoms with Crippen molar-refractivity contribution in [1.29, 1.82) is 0 Å². The first-order valence-corrected chi connectivity index (χ1v) is 6.56. The molecule has 0 aromatic rings. The molecule has 2 fully saturated rings. The van der Waals surface area contributed by atoms with Crippen molar-refractivity contribution >= 4 is 0 Å². The Balaban J connectivity index is 1.97. The zero-order chi connectivity index (χ0) is 10.9. The lowest BCUT2D eigenvalue weighted by Gasteiger charge is -2.47. The number of hydrogen-bond acceptors (Lipinski definition) is 2. The van der Waals surface area contributed by atoms with E-state index in [1.165, 1.54) is 25.7 Å². The van der Waals surface area contributed by atoms with Gasteiger partial charge in [-0.05, 0) is 38.5 Å². The van der Waals surface area contributed by atoms with Crippen molar-refractivity contribution < 1.29 is 4.74 Å². The van der Waals surface area contributed by atoms with Gasteiger partial charge >= 0.3 is 0 Å². The SMILES string of the molecule is CCC1CCC2OCC(C)(CC)NC2C1. The number of nitrogens with one attached hydrogen (secondary N) is 1. The second kappa shape index (κ2) is 4.42. The van der Waals surface area contributed by atoms with Gasteiger partial charge in [-0.3, -0.25) is 0 Å². The minimum absolute atomic E-state index is 0.219. The monoisotopic (exact) mass is 211 g/mol. The molecule has 0 aromatic heterocycles. The molecule has 0 radical (unpaired) electrons. The van der Waals surface area contributed by atoms with Gasteiger partial charge in [0.05, 0.1) is 12.7 Å². The molecule has 1 aliphatic carbocycles. The molecule has 0 aromatic carbocycles. The van der Waals surface area contributed by atoms with Crippen LogP contribution in [0, 0.1) is 5.92 Å². The molecule has 88 valence electrons. The molecule has 0 amide bonds. The van der Waals surface area contributed by atoms with Crippen LogP contribution in [0.4, 0.5) is 0 Å². The zero-order valence-electron chi connectivity index (χ0n) is 10.4. The third-order valence-electron chi connectivity index (χ3n) is 4.40. The van der Waals surface area contributed by atoms with Crippen molar-refractivity contribution in [2.45, 2.75) is 70.6 Å². The van der Waals surface area contributed by atoms with Crippen LogP contribution in [0.15, 0.2) is 0 Å². The zero-order valence-corrected chi connectivity index (χ0v) is 10.4. The molecule has 1 saturated heterocycles. The van der Waals surface area contributed by atoms with Gasteiger partial charge in [-0.25, -0.2) is 0 Å². The maximum Gasteiger partial charge on any atom is 0.0729 e. The third kappa shape index (κ3) is 2.36. The van der Waals surface area contributed by atoms with Crippen LogP contribution in [0.2, 0.25) is 0 Å². The standard InChI is InChI=1S/C13H25NO/c1-4-10-6-7-12-11(8-10)14-13(3,5-2)9-15-12/h10-12,14H,4-9H2,1-3H3. The van der Waals surface area contributed by atoms with Gasteiger partial charge in [-0.15, -0.1) is 0 Å². The predicted octanol–water partition coefficient (Wildman–Crippen LogP) is 2.72.